The van der Waals surface area contributed by atoms with Gasteiger partial charge < -0.3 is 5.32 Å². The molecule has 1 aromatic heterocycles. The summed E-state index contributed by atoms with van der Waals surface area (Å²) in [5.41, 5.74) is 2.34. The predicted octanol–water partition coefficient (Wildman–Crippen LogP) is 3.87. The van der Waals surface area contributed by atoms with E-state index in [-0.39, 0.29) is 0 Å². The molecular weight excluding hydrogens is 228 g/mol. The molecule has 0 aliphatic rings. The van der Waals surface area contributed by atoms with Crippen LogP contribution in [0.5, 0.6) is 0 Å². The summed E-state index contributed by atoms with van der Waals surface area (Å²) in [4.78, 5) is 4.69. The predicted molar refractivity (Wildman–Crippen MR) is 74.3 cm³/mol. The number of aromatic nitrogens is 1. The summed E-state index contributed by atoms with van der Waals surface area (Å²) >= 11 is 1.71. The van der Waals surface area contributed by atoms with Gasteiger partial charge in [-0.05, 0) is 19.9 Å². The summed E-state index contributed by atoms with van der Waals surface area (Å²) in [6, 6.07) is 10.7. The molecule has 1 unspecified atom stereocenters. The van der Waals surface area contributed by atoms with Crippen LogP contribution in [-0.2, 0) is 0 Å². The molecule has 0 aliphatic carbocycles. The van der Waals surface area contributed by atoms with Crippen molar-refractivity contribution in [2.24, 2.45) is 0 Å². The number of hydrogen-bond acceptors (Lipinski definition) is 3. The maximum absolute atomic E-state index is 4.69. The Kier molecular flexibility index (Phi) is 4.29. The van der Waals surface area contributed by atoms with E-state index in [4.69, 9.17) is 0 Å². The second-order valence-electron chi connectivity index (χ2n) is 4.12. The van der Waals surface area contributed by atoms with Gasteiger partial charge in [0.15, 0.2) is 0 Å². The monoisotopic (exact) mass is 246 g/mol. The molecule has 0 saturated heterocycles. The minimum atomic E-state index is 0.337. The van der Waals surface area contributed by atoms with Crippen LogP contribution >= 0.6 is 11.3 Å². The molecule has 2 aromatic rings. The minimum Gasteiger partial charge on any atom is -0.309 e. The van der Waals surface area contributed by atoms with E-state index in [0.717, 1.165) is 23.7 Å². The maximum Gasteiger partial charge on any atom is 0.123 e. The summed E-state index contributed by atoms with van der Waals surface area (Å²) in [5, 5.41) is 6.71. The maximum atomic E-state index is 4.69. The summed E-state index contributed by atoms with van der Waals surface area (Å²) in [5.74, 6) is 0. The van der Waals surface area contributed by atoms with Crippen LogP contribution in [-0.4, -0.2) is 11.5 Å². The molecular formula is C14H18N2S. The van der Waals surface area contributed by atoms with Gasteiger partial charge in [0.2, 0.25) is 0 Å². The third-order valence-electron chi connectivity index (χ3n) is 2.69. The van der Waals surface area contributed by atoms with Gasteiger partial charge in [-0.15, -0.1) is 11.3 Å². The lowest BCUT2D eigenvalue weighted by Gasteiger charge is -2.09. The van der Waals surface area contributed by atoms with Crippen LogP contribution in [0.3, 0.4) is 0 Å². The van der Waals surface area contributed by atoms with Gasteiger partial charge in [0.1, 0.15) is 5.01 Å². The normalized spacial score (nSPS) is 12.6. The van der Waals surface area contributed by atoms with Crippen LogP contribution in [0.1, 0.15) is 32.0 Å². The SMILES string of the molecule is CCCNC(C)c1csc(-c2ccccc2)n1. The Balaban J connectivity index is 2.11. The summed E-state index contributed by atoms with van der Waals surface area (Å²) in [6.45, 7) is 5.38. The van der Waals surface area contributed by atoms with E-state index in [2.05, 4.69) is 53.8 Å². The van der Waals surface area contributed by atoms with Gasteiger partial charge in [0.25, 0.3) is 0 Å². The van der Waals surface area contributed by atoms with Crippen LogP contribution < -0.4 is 5.32 Å². The average Bonchev–Trinajstić information content (AvgIpc) is 2.86. The van der Waals surface area contributed by atoms with Crippen LogP contribution in [0.15, 0.2) is 35.7 Å². The first-order valence-corrected chi connectivity index (χ1v) is 6.93. The molecule has 0 aliphatic heterocycles. The Morgan fingerprint density at radius 1 is 1.29 bits per heavy atom. The second kappa shape index (κ2) is 5.94. The molecule has 1 heterocycles. The number of thiazole rings is 1. The molecule has 0 amide bonds. The minimum absolute atomic E-state index is 0.337. The number of nitrogens with zero attached hydrogens (tertiary/aromatic N) is 1. The van der Waals surface area contributed by atoms with Crippen molar-refractivity contribution >= 4 is 11.3 Å². The van der Waals surface area contributed by atoms with Crippen molar-refractivity contribution in [3.8, 4) is 10.6 Å². The number of benzene rings is 1. The van der Waals surface area contributed by atoms with E-state index >= 15 is 0 Å². The van der Waals surface area contributed by atoms with Crippen LogP contribution in [0.4, 0.5) is 0 Å². The largest absolute Gasteiger partial charge is 0.309 e. The van der Waals surface area contributed by atoms with Gasteiger partial charge in [0.05, 0.1) is 5.69 Å². The third-order valence-corrected chi connectivity index (χ3v) is 3.60. The van der Waals surface area contributed by atoms with Gasteiger partial charge in [-0.3, -0.25) is 0 Å². The highest BCUT2D eigenvalue weighted by Crippen LogP contribution is 2.25. The van der Waals surface area contributed by atoms with Crippen LogP contribution in [0.25, 0.3) is 10.6 Å². The molecule has 2 rings (SSSR count). The van der Waals surface area contributed by atoms with E-state index < -0.39 is 0 Å². The lowest BCUT2D eigenvalue weighted by atomic mass is 10.2. The summed E-state index contributed by atoms with van der Waals surface area (Å²) in [6.07, 6.45) is 1.15. The molecule has 1 N–H and O–H groups in total. The Morgan fingerprint density at radius 3 is 2.76 bits per heavy atom. The summed E-state index contributed by atoms with van der Waals surface area (Å²) < 4.78 is 0. The van der Waals surface area contributed by atoms with Crippen LogP contribution in [0, 0.1) is 0 Å². The van der Waals surface area contributed by atoms with E-state index in [1.807, 2.05) is 6.07 Å². The second-order valence-corrected chi connectivity index (χ2v) is 4.98. The topological polar surface area (TPSA) is 24.9 Å². The fraction of sp³-hybridized carbons (Fsp3) is 0.357. The van der Waals surface area contributed by atoms with Gasteiger partial charge in [-0.1, -0.05) is 37.3 Å². The summed E-state index contributed by atoms with van der Waals surface area (Å²) in [7, 11) is 0. The molecule has 0 radical (unpaired) electrons. The van der Waals surface area contributed by atoms with Gasteiger partial charge in [0, 0.05) is 17.0 Å². The highest BCUT2D eigenvalue weighted by molar-refractivity contribution is 7.13. The quantitative estimate of drug-likeness (QED) is 0.866. The molecule has 0 bridgehead atoms. The zero-order chi connectivity index (χ0) is 12.1. The molecule has 0 fully saturated rings. The number of hydrogen-bond donors (Lipinski definition) is 1. The fourth-order valence-electron chi connectivity index (χ4n) is 1.66. The zero-order valence-corrected chi connectivity index (χ0v) is 11.1. The van der Waals surface area contributed by atoms with Crippen molar-refractivity contribution in [1.82, 2.24) is 10.3 Å². The van der Waals surface area contributed by atoms with Gasteiger partial charge in [-0.25, -0.2) is 4.98 Å². The molecule has 3 heteroatoms. The fourth-order valence-corrected chi connectivity index (χ4v) is 2.58. The smallest absolute Gasteiger partial charge is 0.123 e. The molecule has 17 heavy (non-hydrogen) atoms. The van der Waals surface area contributed by atoms with E-state index in [1.165, 1.54) is 5.56 Å². The van der Waals surface area contributed by atoms with Crippen molar-refractivity contribution in [3.05, 3.63) is 41.4 Å². The number of nitrogens with one attached hydrogen (secondary N) is 1. The van der Waals surface area contributed by atoms with Gasteiger partial charge >= 0.3 is 0 Å². The Hall–Kier alpha value is -1.19. The van der Waals surface area contributed by atoms with Crippen molar-refractivity contribution in [3.63, 3.8) is 0 Å². The third kappa shape index (κ3) is 3.14. The highest BCUT2D eigenvalue weighted by Gasteiger charge is 2.09. The molecule has 90 valence electrons. The zero-order valence-electron chi connectivity index (χ0n) is 10.3. The molecule has 2 nitrogen and oxygen atoms in total. The first kappa shape index (κ1) is 12.3. The van der Waals surface area contributed by atoms with E-state index in [1.54, 1.807) is 11.3 Å². The van der Waals surface area contributed by atoms with E-state index in [9.17, 15) is 0 Å². The molecule has 1 atom stereocenters. The van der Waals surface area contributed by atoms with E-state index in [0.29, 0.717) is 6.04 Å². The van der Waals surface area contributed by atoms with Crippen LogP contribution in [0.2, 0.25) is 0 Å². The first-order chi connectivity index (χ1) is 8.31. The van der Waals surface area contributed by atoms with Crippen molar-refractivity contribution in [2.75, 3.05) is 6.54 Å². The highest BCUT2D eigenvalue weighted by atomic mass is 32.1. The lowest BCUT2D eigenvalue weighted by molar-refractivity contribution is 0.561. The Bertz CT molecular complexity index is 450. The van der Waals surface area contributed by atoms with Crippen molar-refractivity contribution in [1.29, 1.82) is 0 Å². The lowest BCUT2D eigenvalue weighted by Crippen LogP contribution is -2.19. The van der Waals surface area contributed by atoms with Crippen molar-refractivity contribution in [2.45, 2.75) is 26.3 Å². The number of rotatable bonds is 5. The molecule has 1 aromatic carbocycles. The van der Waals surface area contributed by atoms with Gasteiger partial charge in [-0.2, -0.15) is 0 Å². The Morgan fingerprint density at radius 2 is 2.06 bits per heavy atom. The van der Waals surface area contributed by atoms with Crippen molar-refractivity contribution < 1.29 is 0 Å². The Labute approximate surface area is 107 Å². The average molecular weight is 246 g/mol. The first-order valence-electron chi connectivity index (χ1n) is 6.05. The molecule has 0 saturated carbocycles. The standard InChI is InChI=1S/C14H18N2S/c1-3-9-15-11(2)13-10-17-14(16-13)12-7-5-4-6-8-12/h4-8,10-11,15H,3,9H2,1-2H3. The molecule has 0 spiro atoms.